The normalized spacial score (nSPS) is 14.6. The van der Waals surface area contributed by atoms with Crippen molar-refractivity contribution in [3.05, 3.63) is 127 Å². The highest BCUT2D eigenvalue weighted by molar-refractivity contribution is 14.1. The average molecular weight is 848 g/mol. The quantitative estimate of drug-likeness (QED) is 0.159. The summed E-state index contributed by atoms with van der Waals surface area (Å²) < 4.78 is 20.4. The molecule has 11 heteroatoms. The lowest BCUT2D eigenvalue weighted by Gasteiger charge is -2.25. The van der Waals surface area contributed by atoms with Crippen LogP contribution in [-0.2, 0) is 32.1 Å². The zero-order valence-electron chi connectivity index (χ0n) is 25.0. The number of allylic oxidation sites excluding steroid dienone is 1. The Bertz CT molecular complexity index is 1940. The highest BCUT2D eigenvalue weighted by Gasteiger charge is 2.33. The number of hydrogen-bond donors (Lipinski definition) is 0. The molecule has 8 nitrogen and oxygen atoms in total. The molecule has 1 aliphatic rings. The number of nitrogens with zero attached hydrogens (tertiary/aromatic N) is 2. The van der Waals surface area contributed by atoms with Crippen LogP contribution in [0.3, 0.4) is 0 Å². The first-order chi connectivity index (χ1) is 21.5. The van der Waals surface area contributed by atoms with Crippen LogP contribution in [0.4, 0.5) is 0 Å². The molecule has 0 amide bonds. The lowest BCUT2D eigenvalue weighted by atomic mass is 9.94. The van der Waals surface area contributed by atoms with Gasteiger partial charge in [-0.05, 0) is 106 Å². The molecule has 0 saturated carbocycles. The Morgan fingerprint density at radius 2 is 1.69 bits per heavy atom. The number of methoxy groups -OCH3 is 1. The van der Waals surface area contributed by atoms with Gasteiger partial charge in [-0.15, -0.1) is 0 Å². The van der Waals surface area contributed by atoms with E-state index >= 15 is 0 Å². The van der Waals surface area contributed by atoms with Crippen molar-refractivity contribution in [1.29, 1.82) is 0 Å². The van der Waals surface area contributed by atoms with Gasteiger partial charge in [0.25, 0.3) is 5.56 Å². The lowest BCUT2D eigenvalue weighted by molar-refractivity contribution is -0.143. The lowest BCUT2D eigenvalue weighted by Crippen LogP contribution is -2.40. The van der Waals surface area contributed by atoms with Crippen molar-refractivity contribution >= 4 is 74.5 Å². The van der Waals surface area contributed by atoms with Crippen molar-refractivity contribution in [3.8, 4) is 5.75 Å². The summed E-state index contributed by atoms with van der Waals surface area (Å²) in [6.45, 7) is 5.77. The maximum Gasteiger partial charge on any atom is 0.338 e. The minimum atomic E-state index is -0.754. The summed E-state index contributed by atoms with van der Waals surface area (Å²) in [6.07, 6.45) is 1.61. The van der Waals surface area contributed by atoms with E-state index in [-0.39, 0.29) is 24.1 Å². The predicted molar refractivity (Wildman–Crippen MR) is 190 cm³/mol. The number of benzene rings is 3. The van der Waals surface area contributed by atoms with Crippen LogP contribution in [0.25, 0.3) is 6.08 Å². The van der Waals surface area contributed by atoms with E-state index in [1.54, 1.807) is 37.5 Å². The molecule has 0 bridgehead atoms. The van der Waals surface area contributed by atoms with Crippen molar-refractivity contribution in [2.75, 3.05) is 7.11 Å². The fourth-order valence-electron chi connectivity index (χ4n) is 4.91. The zero-order chi connectivity index (χ0) is 32.2. The van der Waals surface area contributed by atoms with Gasteiger partial charge in [0.2, 0.25) is 0 Å². The van der Waals surface area contributed by atoms with E-state index in [1.807, 2.05) is 60.7 Å². The Kier molecular flexibility index (Phi) is 10.6. The van der Waals surface area contributed by atoms with Crippen molar-refractivity contribution < 1.29 is 23.8 Å². The van der Waals surface area contributed by atoms with Crippen LogP contribution in [0.15, 0.2) is 87.8 Å². The van der Waals surface area contributed by atoms with Crippen molar-refractivity contribution in [2.24, 2.45) is 4.99 Å². The number of ether oxygens (including phenoxy) is 3. The van der Waals surface area contributed by atoms with Crippen LogP contribution in [0.1, 0.15) is 49.1 Å². The van der Waals surface area contributed by atoms with Gasteiger partial charge < -0.3 is 14.2 Å². The summed E-state index contributed by atoms with van der Waals surface area (Å²) in [5, 5.41) is 0. The van der Waals surface area contributed by atoms with E-state index in [4.69, 9.17) is 14.2 Å². The Labute approximate surface area is 291 Å². The van der Waals surface area contributed by atoms with Crippen LogP contribution in [0.2, 0.25) is 0 Å². The zero-order valence-corrected chi connectivity index (χ0v) is 30.1. The van der Waals surface area contributed by atoms with Crippen molar-refractivity contribution in [1.82, 2.24) is 4.57 Å². The molecule has 0 radical (unpaired) electrons. The van der Waals surface area contributed by atoms with Gasteiger partial charge >= 0.3 is 11.9 Å². The van der Waals surface area contributed by atoms with Crippen LogP contribution >= 0.6 is 56.5 Å². The van der Waals surface area contributed by atoms with E-state index in [1.165, 1.54) is 18.4 Å². The number of aromatic nitrogens is 1. The van der Waals surface area contributed by atoms with E-state index in [0.29, 0.717) is 32.8 Å². The molecule has 4 aromatic rings. The number of esters is 2. The molecule has 2 heterocycles. The number of carbonyl (C=O) groups is 2. The summed E-state index contributed by atoms with van der Waals surface area (Å²) >= 11 is 5.77. The topological polar surface area (TPSA) is 96.2 Å². The Morgan fingerprint density at radius 3 is 2.31 bits per heavy atom. The van der Waals surface area contributed by atoms with E-state index in [9.17, 15) is 14.4 Å². The van der Waals surface area contributed by atoms with Crippen LogP contribution in [-0.4, -0.2) is 29.7 Å². The van der Waals surface area contributed by atoms with Crippen molar-refractivity contribution in [3.63, 3.8) is 0 Å². The standard InChI is InChI=1S/C34H30I2N2O6S/c1-19(2)44-33(41)29-20(3)37-34-38(30(29)24-12-10-21(11-13-24)17-28(39)42-4)32(40)27(45-34)16-23-14-25(35)31(26(36)15-23)43-18-22-8-6-5-7-9-22/h5-16,19,30H,17-18H2,1-4H3/b27-16+/t30-/m0/s1. The SMILES string of the molecule is COC(=O)Cc1ccc([C@H]2C(C(=O)OC(C)C)=C(C)N=c3s/c(=C/c4cc(I)c(OCc5ccccc5)c(I)c4)c(=O)n32)cc1. The van der Waals surface area contributed by atoms with Gasteiger partial charge in [-0.3, -0.25) is 14.2 Å². The Balaban J connectivity index is 1.55. The predicted octanol–water partition coefficient (Wildman–Crippen LogP) is 5.69. The molecule has 1 aromatic heterocycles. The number of thiazole rings is 1. The van der Waals surface area contributed by atoms with E-state index in [0.717, 1.165) is 29.6 Å². The molecule has 5 rings (SSSR count). The van der Waals surface area contributed by atoms with Gasteiger partial charge in [-0.1, -0.05) is 65.9 Å². The van der Waals surface area contributed by atoms with Gasteiger partial charge in [0.1, 0.15) is 12.4 Å². The molecule has 45 heavy (non-hydrogen) atoms. The number of carbonyl (C=O) groups excluding carboxylic acids is 2. The first kappa shape index (κ1) is 33.1. The van der Waals surface area contributed by atoms with Crippen molar-refractivity contribution in [2.45, 2.75) is 45.9 Å². The third-order valence-corrected chi connectivity index (χ3v) is 9.59. The highest BCUT2D eigenvalue weighted by atomic mass is 127. The molecule has 0 unspecified atom stereocenters. The second kappa shape index (κ2) is 14.4. The summed E-state index contributed by atoms with van der Waals surface area (Å²) in [4.78, 5) is 44.4. The molecule has 3 aromatic carbocycles. The fraction of sp³-hybridized carbons (Fsp3) is 0.235. The Hall–Kier alpha value is -3.30. The Morgan fingerprint density at radius 1 is 1.02 bits per heavy atom. The average Bonchev–Trinajstić information content (AvgIpc) is 3.30. The largest absolute Gasteiger partial charge is 0.487 e. The molecular weight excluding hydrogens is 818 g/mol. The summed E-state index contributed by atoms with van der Waals surface area (Å²) in [5.74, 6) is -0.0922. The van der Waals surface area contributed by atoms with Gasteiger partial charge in [-0.25, -0.2) is 9.79 Å². The molecule has 0 saturated heterocycles. The molecule has 0 fully saturated rings. The van der Waals surface area contributed by atoms with Gasteiger partial charge in [0, 0.05) is 0 Å². The molecule has 232 valence electrons. The maximum absolute atomic E-state index is 14.1. The minimum absolute atomic E-state index is 0.115. The monoisotopic (exact) mass is 848 g/mol. The highest BCUT2D eigenvalue weighted by Crippen LogP contribution is 2.32. The molecule has 1 atom stereocenters. The first-order valence-corrected chi connectivity index (χ1v) is 17.1. The van der Waals surface area contributed by atoms with Crippen LogP contribution < -0.4 is 19.6 Å². The van der Waals surface area contributed by atoms with Crippen LogP contribution in [0.5, 0.6) is 5.75 Å². The van der Waals surface area contributed by atoms with Crippen LogP contribution in [0, 0.1) is 7.14 Å². The molecule has 0 N–H and O–H groups in total. The second-order valence-corrected chi connectivity index (χ2v) is 14.0. The molecule has 0 aliphatic carbocycles. The number of fused-ring (bicyclic) bond motifs is 1. The molecule has 0 spiro atoms. The van der Waals surface area contributed by atoms with E-state index in [2.05, 4.69) is 50.2 Å². The molecule has 1 aliphatic heterocycles. The first-order valence-electron chi connectivity index (χ1n) is 14.1. The number of hydrogen-bond acceptors (Lipinski definition) is 8. The number of rotatable bonds is 9. The number of halogens is 2. The van der Waals surface area contributed by atoms with Gasteiger partial charge in [0.15, 0.2) is 4.80 Å². The fourth-order valence-corrected chi connectivity index (χ4v) is 8.09. The summed E-state index contributed by atoms with van der Waals surface area (Å²) in [7, 11) is 1.34. The second-order valence-electron chi connectivity index (χ2n) is 10.6. The third-order valence-electron chi connectivity index (χ3n) is 7.00. The van der Waals surface area contributed by atoms with Gasteiger partial charge in [0.05, 0.1) is 48.6 Å². The maximum atomic E-state index is 14.1. The summed E-state index contributed by atoms with van der Waals surface area (Å²) in [5.41, 5.74) is 3.90. The summed E-state index contributed by atoms with van der Waals surface area (Å²) in [6, 6.07) is 20.4. The smallest absolute Gasteiger partial charge is 0.338 e. The van der Waals surface area contributed by atoms with E-state index < -0.39 is 12.0 Å². The van der Waals surface area contributed by atoms with Gasteiger partial charge in [-0.2, -0.15) is 0 Å². The molecular formula is C34H30I2N2O6S. The minimum Gasteiger partial charge on any atom is -0.487 e. The third kappa shape index (κ3) is 7.58.